The maximum Gasteiger partial charge on any atom is 0.242 e. The average Bonchev–Trinajstić information content (AvgIpc) is 3.10. The van der Waals surface area contributed by atoms with E-state index in [9.17, 15) is 13.2 Å². The van der Waals surface area contributed by atoms with Crippen LogP contribution in [0, 0.1) is 5.92 Å². The number of nitrogens with one attached hydrogen (secondary N) is 2. The Labute approximate surface area is 180 Å². The molecule has 2 heterocycles. The van der Waals surface area contributed by atoms with Crippen molar-refractivity contribution in [2.45, 2.75) is 37.6 Å². The third-order valence-corrected chi connectivity index (χ3v) is 7.60. The van der Waals surface area contributed by atoms with Gasteiger partial charge in [0.25, 0.3) is 0 Å². The minimum atomic E-state index is -3.76. The highest BCUT2D eigenvalue weighted by Crippen LogP contribution is 2.22. The number of hydrogen-bond donors (Lipinski definition) is 2. The zero-order chi connectivity index (χ0) is 20.9. The van der Waals surface area contributed by atoms with Crippen LogP contribution in [-0.4, -0.2) is 43.8 Å². The van der Waals surface area contributed by atoms with Gasteiger partial charge in [0.05, 0.1) is 10.7 Å². The van der Waals surface area contributed by atoms with Crippen molar-refractivity contribution >= 4 is 44.0 Å². The van der Waals surface area contributed by atoms with Crippen LogP contribution in [0.1, 0.15) is 31.9 Å². The number of thiazole rings is 1. The number of hydrogen-bond acceptors (Lipinski definition) is 6. The molecular weight excluding hydrogens is 432 g/mol. The fourth-order valence-electron chi connectivity index (χ4n) is 3.11. The monoisotopic (exact) mass is 456 g/mol. The summed E-state index contributed by atoms with van der Waals surface area (Å²) in [5.41, 5.74) is 0.944. The molecule has 1 amide bonds. The highest BCUT2D eigenvalue weighted by molar-refractivity contribution is 7.89. The standard InChI is InChI=1S/C19H25ClN4O3S2/c1-14-7-10-24(11-8-14)12-15-13-28-19(22-15)23-18(25)6-9-21-29(26,27)17-5-3-2-4-16(17)20/h2-5,13-14,21H,6-12H2,1H3,(H,22,23,25). The molecule has 2 aromatic rings. The second-order valence-corrected chi connectivity index (χ2v) is 10.2. The van der Waals surface area contributed by atoms with Crippen molar-refractivity contribution in [1.29, 1.82) is 0 Å². The summed E-state index contributed by atoms with van der Waals surface area (Å²) in [7, 11) is -3.76. The highest BCUT2D eigenvalue weighted by Gasteiger charge is 2.18. The summed E-state index contributed by atoms with van der Waals surface area (Å²) in [6.45, 7) is 5.20. The van der Waals surface area contributed by atoms with Crippen LogP contribution in [0.4, 0.5) is 5.13 Å². The Balaban J connectivity index is 1.44. The summed E-state index contributed by atoms with van der Waals surface area (Å²) in [6.07, 6.45) is 2.41. The van der Waals surface area contributed by atoms with Gasteiger partial charge < -0.3 is 5.32 Å². The van der Waals surface area contributed by atoms with Crippen molar-refractivity contribution in [3.63, 3.8) is 0 Å². The molecule has 2 N–H and O–H groups in total. The first-order chi connectivity index (χ1) is 13.8. The molecule has 0 spiro atoms. The number of piperidine rings is 1. The summed E-state index contributed by atoms with van der Waals surface area (Å²) < 4.78 is 26.9. The lowest BCUT2D eigenvalue weighted by Crippen LogP contribution is -2.32. The molecule has 1 aromatic heterocycles. The first kappa shape index (κ1) is 22.2. The van der Waals surface area contributed by atoms with Crippen molar-refractivity contribution < 1.29 is 13.2 Å². The molecule has 0 bridgehead atoms. The Morgan fingerprint density at radius 3 is 2.76 bits per heavy atom. The SMILES string of the molecule is CC1CCN(Cc2csc(NC(=O)CCNS(=O)(=O)c3ccccc3Cl)n2)CC1. The summed E-state index contributed by atoms with van der Waals surface area (Å²) in [6, 6.07) is 6.18. The highest BCUT2D eigenvalue weighted by atomic mass is 35.5. The van der Waals surface area contributed by atoms with E-state index in [1.165, 1.54) is 36.3 Å². The molecule has 3 rings (SSSR count). The van der Waals surface area contributed by atoms with E-state index in [4.69, 9.17) is 11.6 Å². The van der Waals surface area contributed by atoms with Gasteiger partial charge in [-0.05, 0) is 44.0 Å². The lowest BCUT2D eigenvalue weighted by molar-refractivity contribution is -0.116. The van der Waals surface area contributed by atoms with Crippen molar-refractivity contribution in [2.24, 2.45) is 5.92 Å². The van der Waals surface area contributed by atoms with E-state index in [2.05, 4.69) is 26.8 Å². The molecule has 0 radical (unpaired) electrons. The van der Waals surface area contributed by atoms with E-state index in [1.807, 2.05) is 5.38 Å². The molecule has 1 fully saturated rings. The van der Waals surface area contributed by atoms with E-state index < -0.39 is 10.0 Å². The third kappa shape index (κ3) is 6.48. The van der Waals surface area contributed by atoms with E-state index in [1.54, 1.807) is 12.1 Å². The molecule has 29 heavy (non-hydrogen) atoms. The predicted octanol–water partition coefficient (Wildman–Crippen LogP) is 3.34. The number of anilines is 1. The summed E-state index contributed by atoms with van der Waals surface area (Å²) in [5, 5.41) is 5.36. The van der Waals surface area contributed by atoms with Gasteiger partial charge in [-0.25, -0.2) is 18.1 Å². The first-order valence-electron chi connectivity index (χ1n) is 9.54. The minimum Gasteiger partial charge on any atom is -0.302 e. The van der Waals surface area contributed by atoms with Gasteiger partial charge in [0, 0.05) is 24.9 Å². The second kappa shape index (κ2) is 9.99. The minimum absolute atomic E-state index is 0.00116. The molecule has 1 aromatic carbocycles. The molecule has 10 heteroatoms. The van der Waals surface area contributed by atoms with Gasteiger partial charge in [0.1, 0.15) is 4.90 Å². The number of benzene rings is 1. The predicted molar refractivity (Wildman–Crippen MR) is 116 cm³/mol. The number of rotatable bonds is 8. The Kier molecular flexibility index (Phi) is 7.64. The van der Waals surface area contributed by atoms with Crippen LogP contribution in [0.15, 0.2) is 34.5 Å². The second-order valence-electron chi connectivity index (χ2n) is 7.23. The van der Waals surface area contributed by atoms with Crippen molar-refractivity contribution in [2.75, 3.05) is 25.0 Å². The Morgan fingerprint density at radius 1 is 1.31 bits per heavy atom. The molecule has 1 aliphatic rings. The number of nitrogens with zero attached hydrogens (tertiary/aromatic N) is 2. The normalized spacial score (nSPS) is 16.1. The van der Waals surface area contributed by atoms with Crippen LogP contribution in [0.25, 0.3) is 0 Å². The Morgan fingerprint density at radius 2 is 2.03 bits per heavy atom. The lowest BCUT2D eigenvalue weighted by Gasteiger charge is -2.29. The number of amides is 1. The van der Waals surface area contributed by atoms with Gasteiger partial charge in [0.15, 0.2) is 5.13 Å². The number of sulfonamides is 1. The van der Waals surface area contributed by atoms with E-state index in [0.717, 1.165) is 31.2 Å². The quantitative estimate of drug-likeness (QED) is 0.635. The zero-order valence-corrected chi connectivity index (χ0v) is 18.6. The summed E-state index contributed by atoms with van der Waals surface area (Å²) in [5.74, 6) is 0.492. The number of likely N-dealkylation sites (tertiary alicyclic amines) is 1. The Hall–Kier alpha value is -1.52. The van der Waals surface area contributed by atoms with Gasteiger partial charge in [-0.3, -0.25) is 9.69 Å². The van der Waals surface area contributed by atoms with Crippen molar-refractivity contribution in [3.05, 3.63) is 40.4 Å². The zero-order valence-electron chi connectivity index (χ0n) is 16.2. The van der Waals surface area contributed by atoms with Gasteiger partial charge >= 0.3 is 0 Å². The summed E-state index contributed by atoms with van der Waals surface area (Å²) >= 11 is 7.31. The van der Waals surface area contributed by atoms with Crippen molar-refractivity contribution in [1.82, 2.24) is 14.6 Å². The largest absolute Gasteiger partial charge is 0.302 e. The topological polar surface area (TPSA) is 91.4 Å². The number of carbonyl (C=O) groups excluding carboxylic acids is 1. The molecule has 0 unspecified atom stereocenters. The van der Waals surface area contributed by atoms with Crippen LogP contribution < -0.4 is 10.0 Å². The molecule has 1 saturated heterocycles. The van der Waals surface area contributed by atoms with Gasteiger partial charge in [-0.1, -0.05) is 30.7 Å². The lowest BCUT2D eigenvalue weighted by atomic mass is 9.99. The van der Waals surface area contributed by atoms with Crippen molar-refractivity contribution in [3.8, 4) is 0 Å². The molecular formula is C19H25ClN4O3S2. The molecule has 7 nitrogen and oxygen atoms in total. The molecule has 158 valence electrons. The smallest absolute Gasteiger partial charge is 0.242 e. The summed E-state index contributed by atoms with van der Waals surface area (Å²) in [4.78, 5) is 19.0. The maximum atomic E-state index is 12.3. The van der Waals surface area contributed by atoms with Crippen LogP contribution in [-0.2, 0) is 21.4 Å². The average molecular weight is 457 g/mol. The van der Waals surface area contributed by atoms with Crippen LogP contribution >= 0.6 is 22.9 Å². The van der Waals surface area contributed by atoms with Crippen LogP contribution in [0.2, 0.25) is 5.02 Å². The van der Waals surface area contributed by atoms with E-state index >= 15 is 0 Å². The number of aromatic nitrogens is 1. The maximum absolute atomic E-state index is 12.3. The van der Waals surface area contributed by atoms with Gasteiger partial charge in [-0.2, -0.15) is 0 Å². The number of halogens is 1. The van der Waals surface area contributed by atoms with Crippen LogP contribution in [0.3, 0.4) is 0 Å². The molecule has 0 saturated carbocycles. The third-order valence-electron chi connectivity index (χ3n) is 4.83. The molecule has 1 aliphatic heterocycles. The fraction of sp³-hybridized carbons (Fsp3) is 0.474. The Bertz CT molecular complexity index is 940. The van der Waals surface area contributed by atoms with Crippen LogP contribution in [0.5, 0.6) is 0 Å². The molecule has 0 atom stereocenters. The van der Waals surface area contributed by atoms with E-state index in [-0.39, 0.29) is 28.8 Å². The van der Waals surface area contributed by atoms with Gasteiger partial charge in [0.2, 0.25) is 15.9 Å². The van der Waals surface area contributed by atoms with E-state index in [0.29, 0.717) is 5.13 Å². The van der Waals surface area contributed by atoms with Gasteiger partial charge in [-0.15, -0.1) is 11.3 Å². The fourth-order valence-corrected chi connectivity index (χ4v) is 5.37. The number of carbonyl (C=O) groups is 1. The molecule has 0 aliphatic carbocycles. The first-order valence-corrected chi connectivity index (χ1v) is 12.3.